The molecule has 4 aromatic carbocycles. The van der Waals surface area contributed by atoms with Gasteiger partial charge in [0.1, 0.15) is 5.70 Å². The summed E-state index contributed by atoms with van der Waals surface area (Å²) in [6.45, 7) is 0. The maximum Gasteiger partial charge on any atom is 0.335 e. The molecule has 1 fully saturated rings. The molecular formula is C36H31N3O9S. The zero-order valence-electron chi connectivity index (χ0n) is 26.6. The van der Waals surface area contributed by atoms with Gasteiger partial charge in [-0.25, -0.2) is 9.69 Å². The predicted octanol–water partition coefficient (Wildman–Crippen LogP) is 5.24. The summed E-state index contributed by atoms with van der Waals surface area (Å²) in [5.41, 5.74) is 1.35. The van der Waals surface area contributed by atoms with E-state index in [2.05, 4.69) is 10.6 Å². The van der Waals surface area contributed by atoms with Crippen LogP contribution in [0.15, 0.2) is 102 Å². The van der Waals surface area contributed by atoms with Crippen LogP contribution in [0.25, 0.3) is 6.08 Å². The lowest BCUT2D eigenvalue weighted by Crippen LogP contribution is -2.31. The maximum absolute atomic E-state index is 13.7. The second-order valence-electron chi connectivity index (χ2n) is 10.5. The van der Waals surface area contributed by atoms with Crippen LogP contribution in [0.4, 0.5) is 11.4 Å². The lowest BCUT2D eigenvalue weighted by Gasteiger charge is -2.16. The van der Waals surface area contributed by atoms with Gasteiger partial charge in [-0.3, -0.25) is 19.2 Å². The fraction of sp³-hybridized carbons (Fsp3) is 0.139. The van der Waals surface area contributed by atoms with Gasteiger partial charge >= 0.3 is 5.97 Å². The Kier molecular flexibility index (Phi) is 10.6. The van der Waals surface area contributed by atoms with Crippen molar-refractivity contribution >= 4 is 58.8 Å². The number of amides is 4. The van der Waals surface area contributed by atoms with E-state index in [0.29, 0.717) is 33.2 Å². The minimum atomic E-state index is -1.12. The third-order valence-corrected chi connectivity index (χ3v) is 8.59. The second-order valence-corrected chi connectivity index (χ2v) is 11.8. The average molecular weight is 682 g/mol. The van der Waals surface area contributed by atoms with Gasteiger partial charge in [-0.2, -0.15) is 0 Å². The molecule has 1 aliphatic heterocycles. The first-order valence-corrected chi connectivity index (χ1v) is 15.7. The summed E-state index contributed by atoms with van der Waals surface area (Å²) in [5, 5.41) is 13.9. The van der Waals surface area contributed by atoms with E-state index in [0.717, 1.165) is 16.7 Å². The number of carbonyl (C=O) groups excluding carboxylic acids is 4. The molecule has 0 aromatic heterocycles. The van der Waals surface area contributed by atoms with Gasteiger partial charge in [0.05, 0.1) is 37.8 Å². The number of imide groups is 1. The Labute approximate surface area is 285 Å². The Morgan fingerprint density at radius 2 is 1.55 bits per heavy atom. The quantitative estimate of drug-likeness (QED) is 0.133. The average Bonchev–Trinajstić information content (AvgIpc) is 3.39. The van der Waals surface area contributed by atoms with Crippen molar-refractivity contribution in [2.75, 3.05) is 31.5 Å². The molecule has 4 amide bonds. The number of hydrogen-bond acceptors (Lipinski definition) is 9. The van der Waals surface area contributed by atoms with Crippen molar-refractivity contribution in [3.63, 3.8) is 0 Å². The van der Waals surface area contributed by atoms with Crippen molar-refractivity contribution in [1.29, 1.82) is 0 Å². The Hall–Kier alpha value is -6.08. The number of carboxylic acid groups (broad SMARTS) is 1. The predicted molar refractivity (Wildman–Crippen MR) is 183 cm³/mol. The number of nitrogens with one attached hydrogen (secondary N) is 2. The zero-order valence-corrected chi connectivity index (χ0v) is 27.4. The van der Waals surface area contributed by atoms with Crippen molar-refractivity contribution in [2.24, 2.45) is 0 Å². The molecule has 4 aromatic rings. The standard InChI is InChI=1S/C36H31N3O9S/c1-46-28-17-14-23(31(47-2)32(28)48-3)18-27(38-33(41)21-8-5-4-6-9-21)34(42)37-24-10-7-11-26(19-24)49-29-20-30(40)39(35(29)43)25-15-12-22(13-16-25)36(44)45/h4-19,29H,20H2,1-3H3,(H,37,42)(H,38,41)(H,44,45)/b27-18-/t29-/m0/s1. The summed E-state index contributed by atoms with van der Waals surface area (Å²) in [5.74, 6) is -2.14. The van der Waals surface area contributed by atoms with Crippen molar-refractivity contribution in [3.05, 3.63) is 113 Å². The van der Waals surface area contributed by atoms with E-state index >= 15 is 0 Å². The molecule has 49 heavy (non-hydrogen) atoms. The molecule has 0 radical (unpaired) electrons. The van der Waals surface area contributed by atoms with Crippen LogP contribution in [0.2, 0.25) is 0 Å². The summed E-state index contributed by atoms with van der Waals surface area (Å²) in [6.07, 6.45) is 1.39. The molecule has 0 aliphatic carbocycles. The molecular weight excluding hydrogens is 650 g/mol. The van der Waals surface area contributed by atoms with Crippen LogP contribution >= 0.6 is 11.8 Å². The first-order chi connectivity index (χ1) is 23.6. The Morgan fingerprint density at radius 1 is 0.837 bits per heavy atom. The molecule has 0 saturated carbocycles. The van der Waals surface area contributed by atoms with Crippen LogP contribution in [0, 0.1) is 0 Å². The number of rotatable bonds is 12. The van der Waals surface area contributed by atoms with Gasteiger partial charge in [0.2, 0.25) is 17.6 Å². The number of nitrogens with zero attached hydrogens (tertiary/aromatic N) is 1. The van der Waals surface area contributed by atoms with E-state index in [1.54, 1.807) is 66.7 Å². The van der Waals surface area contributed by atoms with Crippen molar-refractivity contribution < 1.29 is 43.3 Å². The molecule has 1 atom stereocenters. The molecule has 0 spiro atoms. The largest absolute Gasteiger partial charge is 0.493 e. The van der Waals surface area contributed by atoms with E-state index in [1.807, 2.05) is 0 Å². The van der Waals surface area contributed by atoms with Crippen molar-refractivity contribution in [3.8, 4) is 17.2 Å². The highest BCUT2D eigenvalue weighted by atomic mass is 32.2. The Bertz CT molecular complexity index is 1950. The Balaban J connectivity index is 1.38. The first kappa shape index (κ1) is 34.3. The van der Waals surface area contributed by atoms with Gasteiger partial charge < -0.3 is 30.0 Å². The van der Waals surface area contributed by atoms with Gasteiger partial charge in [-0.1, -0.05) is 24.3 Å². The third-order valence-electron chi connectivity index (χ3n) is 7.41. The molecule has 1 heterocycles. The number of benzene rings is 4. The molecule has 3 N–H and O–H groups in total. The van der Waals surface area contributed by atoms with Crippen LogP contribution in [0.5, 0.6) is 17.2 Å². The number of aromatic carboxylic acids is 1. The van der Waals surface area contributed by atoms with Gasteiger partial charge in [-0.05, 0) is 72.8 Å². The summed E-state index contributed by atoms with van der Waals surface area (Å²) < 4.78 is 16.4. The van der Waals surface area contributed by atoms with Gasteiger partial charge in [0.15, 0.2) is 11.5 Å². The summed E-state index contributed by atoms with van der Waals surface area (Å²) >= 11 is 1.16. The summed E-state index contributed by atoms with van der Waals surface area (Å²) in [6, 6.07) is 23.9. The third kappa shape index (κ3) is 7.74. The molecule has 0 unspecified atom stereocenters. The molecule has 5 rings (SSSR count). The highest BCUT2D eigenvalue weighted by Crippen LogP contribution is 2.41. The van der Waals surface area contributed by atoms with E-state index in [1.165, 1.54) is 51.7 Å². The van der Waals surface area contributed by atoms with Crippen LogP contribution < -0.4 is 29.7 Å². The lowest BCUT2D eigenvalue weighted by atomic mass is 10.1. The van der Waals surface area contributed by atoms with Crippen molar-refractivity contribution in [1.82, 2.24) is 5.32 Å². The van der Waals surface area contributed by atoms with E-state index in [-0.39, 0.29) is 29.1 Å². The number of hydrogen-bond donors (Lipinski definition) is 3. The fourth-order valence-corrected chi connectivity index (χ4v) is 6.18. The molecule has 12 nitrogen and oxygen atoms in total. The van der Waals surface area contributed by atoms with E-state index < -0.39 is 34.8 Å². The molecule has 13 heteroatoms. The fourth-order valence-electron chi connectivity index (χ4n) is 5.07. The number of carboxylic acids is 1. The maximum atomic E-state index is 13.7. The summed E-state index contributed by atoms with van der Waals surface area (Å²) in [7, 11) is 4.38. The zero-order chi connectivity index (χ0) is 35.1. The molecule has 1 saturated heterocycles. The van der Waals surface area contributed by atoms with Gasteiger partial charge in [0.25, 0.3) is 11.8 Å². The smallest absolute Gasteiger partial charge is 0.335 e. The number of methoxy groups -OCH3 is 3. The summed E-state index contributed by atoms with van der Waals surface area (Å²) in [4.78, 5) is 65.8. The van der Waals surface area contributed by atoms with Crippen molar-refractivity contribution in [2.45, 2.75) is 16.6 Å². The lowest BCUT2D eigenvalue weighted by molar-refractivity contribution is -0.121. The topological polar surface area (TPSA) is 161 Å². The number of anilines is 2. The van der Waals surface area contributed by atoms with Crippen LogP contribution in [0.1, 0.15) is 32.7 Å². The number of carbonyl (C=O) groups is 5. The van der Waals surface area contributed by atoms with Crippen LogP contribution in [0.3, 0.4) is 0 Å². The minimum absolute atomic E-state index is 0.0353. The van der Waals surface area contributed by atoms with Crippen LogP contribution in [-0.4, -0.2) is 61.3 Å². The van der Waals surface area contributed by atoms with Gasteiger partial charge in [-0.15, -0.1) is 11.8 Å². The molecule has 1 aliphatic rings. The first-order valence-electron chi connectivity index (χ1n) is 14.8. The Morgan fingerprint density at radius 3 is 2.20 bits per heavy atom. The monoisotopic (exact) mass is 681 g/mol. The SMILES string of the molecule is COc1ccc(/C=C(\NC(=O)c2ccccc2)C(=O)Nc2cccc(S[C@H]3CC(=O)N(c4ccc(C(=O)O)cc4)C3=O)c2)c(OC)c1OC. The molecule has 0 bridgehead atoms. The minimum Gasteiger partial charge on any atom is -0.493 e. The normalized spacial score (nSPS) is 14.3. The van der Waals surface area contributed by atoms with Crippen LogP contribution in [-0.2, 0) is 14.4 Å². The number of thioether (sulfide) groups is 1. The number of ether oxygens (including phenoxy) is 3. The molecule has 250 valence electrons. The highest BCUT2D eigenvalue weighted by molar-refractivity contribution is 8.00. The van der Waals surface area contributed by atoms with Gasteiger partial charge in [0, 0.05) is 28.1 Å². The highest BCUT2D eigenvalue weighted by Gasteiger charge is 2.40. The second kappa shape index (κ2) is 15.2. The van der Waals surface area contributed by atoms with E-state index in [4.69, 9.17) is 19.3 Å². The van der Waals surface area contributed by atoms with E-state index in [9.17, 15) is 24.0 Å².